The van der Waals surface area contributed by atoms with Crippen molar-refractivity contribution in [3.63, 3.8) is 0 Å². The van der Waals surface area contributed by atoms with Crippen molar-refractivity contribution in [3.8, 4) is 6.07 Å². The van der Waals surface area contributed by atoms with E-state index in [2.05, 4.69) is 24.9 Å². The van der Waals surface area contributed by atoms with Gasteiger partial charge < -0.3 is 9.64 Å². The van der Waals surface area contributed by atoms with Crippen LogP contribution in [0, 0.1) is 29.1 Å². The number of ether oxygens (including phenoxy) is 1. The Morgan fingerprint density at radius 3 is 2.83 bits per heavy atom. The van der Waals surface area contributed by atoms with Crippen LogP contribution < -0.4 is 0 Å². The van der Waals surface area contributed by atoms with E-state index < -0.39 is 0 Å². The molecule has 18 heavy (non-hydrogen) atoms. The molecule has 2 fully saturated rings. The van der Waals surface area contributed by atoms with E-state index in [1.165, 1.54) is 25.7 Å². The average Bonchev–Trinajstić information content (AvgIpc) is 2.40. The summed E-state index contributed by atoms with van der Waals surface area (Å²) in [6, 6.07) is 2.98. The Balaban J connectivity index is 1.89. The first-order valence-electron chi connectivity index (χ1n) is 7.38. The number of nitriles is 1. The molecule has 0 bridgehead atoms. The zero-order chi connectivity index (χ0) is 13.0. The molecular formula is C15H26N2O. The summed E-state index contributed by atoms with van der Waals surface area (Å²) in [6.07, 6.45) is 5.95. The molecule has 3 heteroatoms. The van der Waals surface area contributed by atoms with Gasteiger partial charge in [-0.1, -0.05) is 6.92 Å². The van der Waals surface area contributed by atoms with Gasteiger partial charge in [0.05, 0.1) is 18.6 Å². The van der Waals surface area contributed by atoms with Gasteiger partial charge in [0, 0.05) is 19.2 Å². The summed E-state index contributed by atoms with van der Waals surface area (Å²) in [4.78, 5) is 2.43. The predicted octanol–water partition coefficient (Wildman–Crippen LogP) is 2.67. The van der Waals surface area contributed by atoms with E-state index in [0.717, 1.165) is 32.1 Å². The molecule has 0 N–H and O–H groups in total. The Morgan fingerprint density at radius 1 is 1.33 bits per heavy atom. The molecule has 1 aliphatic carbocycles. The minimum atomic E-state index is 0.232. The van der Waals surface area contributed by atoms with Gasteiger partial charge in [-0.05, 0) is 51.0 Å². The van der Waals surface area contributed by atoms with E-state index in [-0.39, 0.29) is 5.92 Å². The molecule has 4 atom stereocenters. The van der Waals surface area contributed by atoms with Gasteiger partial charge in [0.1, 0.15) is 0 Å². The van der Waals surface area contributed by atoms with E-state index in [9.17, 15) is 5.26 Å². The molecule has 0 spiro atoms. The highest BCUT2D eigenvalue weighted by Crippen LogP contribution is 2.32. The summed E-state index contributed by atoms with van der Waals surface area (Å²) in [6.45, 7) is 5.25. The number of hydrogen-bond donors (Lipinski definition) is 0. The van der Waals surface area contributed by atoms with Crippen LogP contribution in [0.25, 0.3) is 0 Å². The molecule has 102 valence electrons. The largest absolute Gasteiger partial charge is 0.381 e. The van der Waals surface area contributed by atoms with Crippen molar-refractivity contribution in [1.29, 1.82) is 5.26 Å². The summed E-state index contributed by atoms with van der Waals surface area (Å²) in [5.74, 6) is 1.67. The van der Waals surface area contributed by atoms with Crippen molar-refractivity contribution in [2.24, 2.45) is 17.8 Å². The smallest absolute Gasteiger partial charge is 0.0672 e. The zero-order valence-electron chi connectivity index (χ0n) is 11.8. The maximum atomic E-state index is 9.30. The molecule has 0 radical (unpaired) electrons. The van der Waals surface area contributed by atoms with Crippen molar-refractivity contribution in [3.05, 3.63) is 0 Å². The molecule has 1 saturated carbocycles. The molecule has 2 aliphatic rings. The Bertz CT molecular complexity index is 293. The van der Waals surface area contributed by atoms with E-state index in [0.29, 0.717) is 12.0 Å². The molecule has 0 aromatic heterocycles. The highest BCUT2D eigenvalue weighted by molar-refractivity contribution is 4.96. The van der Waals surface area contributed by atoms with Crippen LogP contribution >= 0.6 is 0 Å². The molecule has 3 nitrogen and oxygen atoms in total. The van der Waals surface area contributed by atoms with Crippen LogP contribution in [0.4, 0.5) is 0 Å². The Labute approximate surface area is 111 Å². The zero-order valence-corrected chi connectivity index (χ0v) is 11.8. The number of hydrogen-bond acceptors (Lipinski definition) is 3. The third-order valence-corrected chi connectivity index (χ3v) is 4.61. The van der Waals surface area contributed by atoms with Crippen LogP contribution in [0.1, 0.15) is 39.0 Å². The van der Waals surface area contributed by atoms with Gasteiger partial charge in [0.2, 0.25) is 0 Å². The molecule has 0 aromatic carbocycles. The second-order valence-corrected chi connectivity index (χ2v) is 6.24. The van der Waals surface area contributed by atoms with Gasteiger partial charge in [0.25, 0.3) is 0 Å². The Hall–Kier alpha value is -0.590. The fraction of sp³-hybridized carbons (Fsp3) is 0.933. The first-order valence-corrected chi connectivity index (χ1v) is 7.38. The third-order valence-electron chi connectivity index (χ3n) is 4.61. The van der Waals surface area contributed by atoms with Crippen LogP contribution in [-0.2, 0) is 4.74 Å². The monoisotopic (exact) mass is 250 g/mol. The standard InChI is InChI=1S/C15H26N2O/c1-12-5-6-14(9-16)15(8-12)17(2)10-13-4-3-7-18-11-13/h12-15H,3-8,10-11H2,1-2H3. The fourth-order valence-corrected chi connectivity index (χ4v) is 3.48. The Kier molecular flexibility index (Phi) is 5.03. The van der Waals surface area contributed by atoms with Crippen LogP contribution in [0.15, 0.2) is 0 Å². The van der Waals surface area contributed by atoms with Crippen LogP contribution in [0.5, 0.6) is 0 Å². The van der Waals surface area contributed by atoms with Crippen molar-refractivity contribution in [2.45, 2.75) is 45.1 Å². The van der Waals surface area contributed by atoms with E-state index in [1.54, 1.807) is 0 Å². The van der Waals surface area contributed by atoms with Crippen molar-refractivity contribution >= 4 is 0 Å². The van der Waals surface area contributed by atoms with E-state index in [1.807, 2.05) is 0 Å². The van der Waals surface area contributed by atoms with Crippen molar-refractivity contribution in [2.75, 3.05) is 26.8 Å². The summed E-state index contributed by atoms with van der Waals surface area (Å²) < 4.78 is 5.55. The van der Waals surface area contributed by atoms with E-state index in [4.69, 9.17) is 4.74 Å². The molecule has 0 aromatic rings. The minimum absolute atomic E-state index is 0.232. The Morgan fingerprint density at radius 2 is 2.17 bits per heavy atom. The van der Waals surface area contributed by atoms with Gasteiger partial charge >= 0.3 is 0 Å². The summed E-state index contributed by atoms with van der Waals surface area (Å²) in [5.41, 5.74) is 0. The maximum absolute atomic E-state index is 9.30. The van der Waals surface area contributed by atoms with E-state index >= 15 is 0 Å². The quantitative estimate of drug-likeness (QED) is 0.772. The molecule has 2 rings (SSSR count). The highest BCUT2D eigenvalue weighted by atomic mass is 16.5. The van der Waals surface area contributed by atoms with Crippen molar-refractivity contribution < 1.29 is 4.74 Å². The lowest BCUT2D eigenvalue weighted by Gasteiger charge is -2.39. The first-order chi connectivity index (χ1) is 8.70. The topological polar surface area (TPSA) is 36.3 Å². The average molecular weight is 250 g/mol. The SMILES string of the molecule is CC1CCC(C#N)C(N(C)CC2CCCOC2)C1. The van der Waals surface area contributed by atoms with Gasteiger partial charge in [-0.25, -0.2) is 0 Å². The summed E-state index contributed by atoms with van der Waals surface area (Å²) in [7, 11) is 2.20. The minimum Gasteiger partial charge on any atom is -0.381 e. The molecule has 1 saturated heterocycles. The van der Waals surface area contributed by atoms with Gasteiger partial charge in [-0.3, -0.25) is 0 Å². The first kappa shape index (κ1) is 13.8. The highest BCUT2D eigenvalue weighted by Gasteiger charge is 2.32. The molecular weight excluding hydrogens is 224 g/mol. The fourth-order valence-electron chi connectivity index (χ4n) is 3.48. The van der Waals surface area contributed by atoms with Gasteiger partial charge in [-0.2, -0.15) is 5.26 Å². The normalized spacial score (nSPS) is 37.4. The molecule has 4 unspecified atom stereocenters. The van der Waals surface area contributed by atoms with Crippen molar-refractivity contribution in [1.82, 2.24) is 4.90 Å². The molecule has 1 heterocycles. The second-order valence-electron chi connectivity index (χ2n) is 6.24. The third kappa shape index (κ3) is 3.46. The lowest BCUT2D eigenvalue weighted by molar-refractivity contribution is 0.0265. The summed E-state index contributed by atoms with van der Waals surface area (Å²) in [5, 5.41) is 9.30. The van der Waals surface area contributed by atoms with Gasteiger partial charge in [-0.15, -0.1) is 0 Å². The van der Waals surface area contributed by atoms with Crippen LogP contribution in [0.3, 0.4) is 0 Å². The lowest BCUT2D eigenvalue weighted by Crippen LogP contribution is -2.44. The molecule has 1 aliphatic heterocycles. The predicted molar refractivity (Wildman–Crippen MR) is 72.1 cm³/mol. The van der Waals surface area contributed by atoms with Gasteiger partial charge in [0.15, 0.2) is 0 Å². The molecule has 0 amide bonds. The number of nitrogens with zero attached hydrogens (tertiary/aromatic N) is 2. The van der Waals surface area contributed by atoms with Crippen LogP contribution in [-0.4, -0.2) is 37.7 Å². The lowest BCUT2D eigenvalue weighted by atomic mass is 9.79. The second kappa shape index (κ2) is 6.54. The number of rotatable bonds is 3. The maximum Gasteiger partial charge on any atom is 0.0672 e. The summed E-state index contributed by atoms with van der Waals surface area (Å²) >= 11 is 0. The van der Waals surface area contributed by atoms with Crippen LogP contribution in [0.2, 0.25) is 0 Å².